The second kappa shape index (κ2) is 6.55. The first-order chi connectivity index (χ1) is 10.0. The number of nitrogens with two attached hydrogens (primary N) is 1. The maximum atomic E-state index is 12.0. The van der Waals surface area contributed by atoms with Crippen molar-refractivity contribution in [2.24, 2.45) is 0 Å². The molecular weight excluding hydrogens is 288 g/mol. The van der Waals surface area contributed by atoms with Gasteiger partial charge in [-0.3, -0.25) is 4.98 Å². The van der Waals surface area contributed by atoms with E-state index in [1.54, 1.807) is 24.5 Å². The summed E-state index contributed by atoms with van der Waals surface area (Å²) in [6.45, 7) is 0.611. The Morgan fingerprint density at radius 2 is 1.90 bits per heavy atom. The number of hydrogen-bond acceptors (Lipinski definition) is 5. The molecule has 0 radical (unpaired) electrons. The van der Waals surface area contributed by atoms with Crippen LogP contribution in [0.1, 0.15) is 5.56 Å². The number of benzene rings is 1. The summed E-state index contributed by atoms with van der Waals surface area (Å²) >= 11 is 0. The van der Waals surface area contributed by atoms with Crippen LogP contribution in [-0.4, -0.2) is 27.0 Å². The van der Waals surface area contributed by atoms with Crippen LogP contribution < -0.4 is 15.8 Å². The third kappa shape index (κ3) is 3.93. The number of rotatable bonds is 6. The highest BCUT2D eigenvalue weighted by atomic mass is 32.2. The number of nitrogens with one attached hydrogen (secondary N) is 2. The molecule has 0 amide bonds. The van der Waals surface area contributed by atoms with Gasteiger partial charge in [0.25, 0.3) is 0 Å². The van der Waals surface area contributed by atoms with Crippen molar-refractivity contribution < 1.29 is 8.42 Å². The quantitative estimate of drug-likeness (QED) is 0.697. The van der Waals surface area contributed by atoms with Gasteiger partial charge in [-0.2, -0.15) is 0 Å². The van der Waals surface area contributed by atoms with Crippen molar-refractivity contribution >= 4 is 21.4 Å². The number of sulfonamides is 1. The summed E-state index contributed by atoms with van der Waals surface area (Å²) in [5, 5.41) is 3.13. The van der Waals surface area contributed by atoms with Crippen molar-refractivity contribution in [3.63, 3.8) is 0 Å². The number of hydrogen-bond donors (Lipinski definition) is 3. The topological polar surface area (TPSA) is 97.1 Å². The second-order valence-electron chi connectivity index (χ2n) is 4.50. The molecule has 0 saturated carbocycles. The van der Waals surface area contributed by atoms with Crippen molar-refractivity contribution in [1.29, 1.82) is 0 Å². The zero-order valence-corrected chi connectivity index (χ0v) is 12.5. The molecular formula is C14H18N4O2S. The molecule has 0 aliphatic rings. The van der Waals surface area contributed by atoms with Gasteiger partial charge >= 0.3 is 0 Å². The zero-order valence-electron chi connectivity index (χ0n) is 11.7. The van der Waals surface area contributed by atoms with E-state index in [9.17, 15) is 8.42 Å². The predicted octanol–water partition coefficient (Wildman–Crippen LogP) is 1.23. The standard InChI is InChI=1S/C14H18N4O2S/c1-16-21(19,20)14-10-12(15)2-3-13(14)18-9-6-11-4-7-17-8-5-11/h2-5,7-8,10,16,18H,6,9,15H2,1H3. The minimum absolute atomic E-state index is 0.153. The number of nitrogens with zero attached hydrogens (tertiary/aromatic N) is 1. The van der Waals surface area contributed by atoms with Gasteiger partial charge in [0.1, 0.15) is 4.90 Å². The summed E-state index contributed by atoms with van der Waals surface area (Å²) in [6.07, 6.45) is 4.23. The molecule has 0 spiro atoms. The highest BCUT2D eigenvalue weighted by Gasteiger charge is 2.16. The summed E-state index contributed by atoms with van der Waals surface area (Å²) in [7, 11) is -2.17. The van der Waals surface area contributed by atoms with Crippen LogP contribution in [0.2, 0.25) is 0 Å². The summed E-state index contributed by atoms with van der Waals surface area (Å²) in [4.78, 5) is 4.11. The molecule has 2 aromatic rings. The predicted molar refractivity (Wildman–Crippen MR) is 83.5 cm³/mol. The molecule has 0 aliphatic carbocycles. The van der Waals surface area contributed by atoms with Gasteiger partial charge in [0.05, 0.1) is 5.69 Å². The monoisotopic (exact) mass is 306 g/mol. The van der Waals surface area contributed by atoms with Gasteiger partial charge in [-0.25, -0.2) is 13.1 Å². The highest BCUT2D eigenvalue weighted by molar-refractivity contribution is 7.89. The molecule has 4 N–H and O–H groups in total. The fourth-order valence-corrected chi connectivity index (χ4v) is 2.85. The van der Waals surface area contributed by atoms with Gasteiger partial charge < -0.3 is 11.1 Å². The maximum absolute atomic E-state index is 12.0. The number of nitrogen functional groups attached to an aromatic ring is 1. The summed E-state index contributed by atoms with van der Waals surface area (Å²) in [5.41, 5.74) is 7.74. The lowest BCUT2D eigenvalue weighted by atomic mass is 10.2. The van der Waals surface area contributed by atoms with Crippen LogP contribution in [0.4, 0.5) is 11.4 Å². The largest absolute Gasteiger partial charge is 0.399 e. The lowest BCUT2D eigenvalue weighted by Gasteiger charge is -2.13. The third-order valence-corrected chi connectivity index (χ3v) is 4.50. The van der Waals surface area contributed by atoms with Crippen LogP contribution in [0.3, 0.4) is 0 Å². The maximum Gasteiger partial charge on any atom is 0.242 e. The molecule has 21 heavy (non-hydrogen) atoms. The number of anilines is 2. The van der Waals surface area contributed by atoms with E-state index in [1.807, 2.05) is 12.1 Å². The van der Waals surface area contributed by atoms with Crippen molar-refractivity contribution in [2.75, 3.05) is 24.6 Å². The molecule has 0 aliphatic heterocycles. The Morgan fingerprint density at radius 3 is 2.57 bits per heavy atom. The molecule has 1 aromatic heterocycles. The first-order valence-corrected chi connectivity index (χ1v) is 7.97. The summed E-state index contributed by atoms with van der Waals surface area (Å²) in [6, 6.07) is 8.64. The van der Waals surface area contributed by atoms with E-state index in [-0.39, 0.29) is 4.90 Å². The van der Waals surface area contributed by atoms with Crippen LogP contribution in [0, 0.1) is 0 Å². The van der Waals surface area contributed by atoms with Gasteiger partial charge in [0, 0.05) is 24.6 Å². The Hall–Kier alpha value is -2.12. The van der Waals surface area contributed by atoms with Crippen molar-refractivity contribution in [1.82, 2.24) is 9.71 Å². The van der Waals surface area contributed by atoms with Crippen LogP contribution in [0.5, 0.6) is 0 Å². The van der Waals surface area contributed by atoms with E-state index < -0.39 is 10.0 Å². The summed E-state index contributed by atoms with van der Waals surface area (Å²) < 4.78 is 26.3. The van der Waals surface area contributed by atoms with Gasteiger partial charge in [-0.05, 0) is 49.4 Å². The Bertz CT molecular complexity index is 702. The van der Waals surface area contributed by atoms with Crippen molar-refractivity contribution in [3.05, 3.63) is 48.3 Å². The van der Waals surface area contributed by atoms with E-state index in [2.05, 4.69) is 15.0 Å². The Balaban J connectivity index is 2.13. The van der Waals surface area contributed by atoms with Crippen molar-refractivity contribution in [2.45, 2.75) is 11.3 Å². The zero-order chi connectivity index (χ0) is 15.3. The van der Waals surface area contributed by atoms with E-state index in [0.717, 1.165) is 12.0 Å². The molecule has 0 unspecified atom stereocenters. The third-order valence-electron chi connectivity index (χ3n) is 3.04. The van der Waals surface area contributed by atoms with E-state index in [4.69, 9.17) is 5.73 Å². The average Bonchev–Trinajstić information content (AvgIpc) is 2.49. The van der Waals surface area contributed by atoms with Gasteiger partial charge in [0.15, 0.2) is 0 Å². The molecule has 6 nitrogen and oxygen atoms in total. The average molecular weight is 306 g/mol. The van der Waals surface area contributed by atoms with E-state index in [1.165, 1.54) is 13.1 Å². The SMILES string of the molecule is CNS(=O)(=O)c1cc(N)ccc1NCCc1ccncc1. The lowest BCUT2D eigenvalue weighted by Crippen LogP contribution is -2.21. The Morgan fingerprint density at radius 1 is 1.19 bits per heavy atom. The minimum atomic E-state index is -3.55. The molecule has 2 rings (SSSR count). The van der Waals surface area contributed by atoms with Crippen LogP contribution in [0.25, 0.3) is 0 Å². The van der Waals surface area contributed by atoms with E-state index >= 15 is 0 Å². The molecule has 0 bridgehead atoms. The van der Waals surface area contributed by atoms with Gasteiger partial charge in [0.2, 0.25) is 10.0 Å². The Kier molecular flexibility index (Phi) is 4.77. The molecule has 1 heterocycles. The molecule has 0 atom stereocenters. The molecule has 0 saturated heterocycles. The second-order valence-corrected chi connectivity index (χ2v) is 6.35. The first-order valence-electron chi connectivity index (χ1n) is 6.49. The normalized spacial score (nSPS) is 11.3. The number of aromatic nitrogens is 1. The molecule has 7 heteroatoms. The molecule has 1 aromatic carbocycles. The van der Waals surface area contributed by atoms with Gasteiger partial charge in [-0.15, -0.1) is 0 Å². The first kappa shape index (κ1) is 15.3. The van der Waals surface area contributed by atoms with Crippen LogP contribution in [0.15, 0.2) is 47.6 Å². The fourth-order valence-electron chi connectivity index (χ4n) is 1.91. The molecule has 0 fully saturated rings. The number of pyridine rings is 1. The van der Waals surface area contributed by atoms with Crippen LogP contribution in [-0.2, 0) is 16.4 Å². The Labute approximate surface area is 124 Å². The minimum Gasteiger partial charge on any atom is -0.399 e. The van der Waals surface area contributed by atoms with Gasteiger partial charge in [-0.1, -0.05) is 0 Å². The smallest absolute Gasteiger partial charge is 0.242 e. The van der Waals surface area contributed by atoms with E-state index in [0.29, 0.717) is 17.9 Å². The van der Waals surface area contributed by atoms with Crippen LogP contribution >= 0.6 is 0 Å². The van der Waals surface area contributed by atoms with Crippen molar-refractivity contribution in [3.8, 4) is 0 Å². The highest BCUT2D eigenvalue weighted by Crippen LogP contribution is 2.23. The summed E-state index contributed by atoms with van der Waals surface area (Å²) in [5.74, 6) is 0. The molecule has 112 valence electrons. The lowest BCUT2D eigenvalue weighted by molar-refractivity contribution is 0.588. The fraction of sp³-hybridized carbons (Fsp3) is 0.214.